The van der Waals surface area contributed by atoms with E-state index in [4.69, 9.17) is 28.5 Å². The Kier molecular flexibility index (Phi) is 4.15. The number of hydrogen-bond donors (Lipinski definition) is 0. The Morgan fingerprint density at radius 3 is 2.50 bits per heavy atom. The van der Waals surface area contributed by atoms with Crippen LogP contribution in [-0.2, 0) is 6.42 Å². The average molecular weight is 328 g/mol. The Labute approximate surface area is 138 Å². The maximum absolute atomic E-state index is 9.01. The Morgan fingerprint density at radius 2 is 1.82 bits per heavy atom. The van der Waals surface area contributed by atoms with E-state index in [1.54, 1.807) is 16.8 Å². The van der Waals surface area contributed by atoms with Crippen LogP contribution in [-0.4, -0.2) is 9.78 Å². The first-order chi connectivity index (χ1) is 10.7. The average Bonchev–Trinajstić information content (AvgIpc) is 2.95. The maximum Gasteiger partial charge on any atom is 0.0847 e. The van der Waals surface area contributed by atoms with Crippen LogP contribution in [0.25, 0.3) is 16.8 Å². The molecular weight excluding hydrogens is 317 g/mol. The largest absolute Gasteiger partial charge is 0.240 e. The molecule has 0 aliphatic carbocycles. The smallest absolute Gasteiger partial charge is 0.0847 e. The first-order valence-electron chi connectivity index (χ1n) is 6.65. The third-order valence-corrected chi connectivity index (χ3v) is 4.03. The van der Waals surface area contributed by atoms with Crippen molar-refractivity contribution in [3.8, 4) is 22.9 Å². The summed E-state index contributed by atoms with van der Waals surface area (Å²) in [6.45, 7) is 0. The van der Waals surface area contributed by atoms with Gasteiger partial charge in [-0.05, 0) is 23.8 Å². The molecule has 2 aromatic carbocycles. The molecule has 1 heterocycles. The molecule has 0 unspecified atom stereocenters. The van der Waals surface area contributed by atoms with E-state index in [9.17, 15) is 0 Å². The van der Waals surface area contributed by atoms with Crippen LogP contribution in [0, 0.1) is 11.3 Å². The molecule has 0 aliphatic rings. The highest BCUT2D eigenvalue weighted by molar-refractivity contribution is 6.42. The summed E-state index contributed by atoms with van der Waals surface area (Å²) in [6.07, 6.45) is 2.15. The zero-order valence-electron chi connectivity index (χ0n) is 11.5. The fourth-order valence-corrected chi connectivity index (χ4v) is 2.53. The summed E-state index contributed by atoms with van der Waals surface area (Å²) in [6, 6.07) is 17.3. The van der Waals surface area contributed by atoms with Crippen LogP contribution in [0.4, 0.5) is 0 Å². The molecule has 3 nitrogen and oxygen atoms in total. The lowest BCUT2D eigenvalue weighted by Crippen LogP contribution is -1.95. The van der Waals surface area contributed by atoms with Crippen molar-refractivity contribution in [2.45, 2.75) is 6.42 Å². The van der Waals surface area contributed by atoms with Crippen LogP contribution < -0.4 is 0 Å². The summed E-state index contributed by atoms with van der Waals surface area (Å²) >= 11 is 12.0. The van der Waals surface area contributed by atoms with Crippen molar-refractivity contribution in [2.24, 2.45) is 0 Å². The zero-order valence-corrected chi connectivity index (χ0v) is 13.0. The molecule has 0 radical (unpaired) electrons. The van der Waals surface area contributed by atoms with Gasteiger partial charge < -0.3 is 0 Å². The highest BCUT2D eigenvalue weighted by atomic mass is 35.5. The van der Waals surface area contributed by atoms with E-state index in [0.717, 1.165) is 22.5 Å². The molecule has 0 saturated carbocycles. The zero-order chi connectivity index (χ0) is 15.5. The first-order valence-corrected chi connectivity index (χ1v) is 7.41. The topological polar surface area (TPSA) is 41.6 Å². The van der Waals surface area contributed by atoms with Gasteiger partial charge in [-0.2, -0.15) is 10.4 Å². The second kappa shape index (κ2) is 6.23. The molecule has 0 N–H and O–H groups in total. The lowest BCUT2D eigenvalue weighted by atomic mass is 10.1. The van der Waals surface area contributed by atoms with E-state index in [-0.39, 0.29) is 6.42 Å². The quantitative estimate of drug-likeness (QED) is 0.685. The van der Waals surface area contributed by atoms with Crippen LogP contribution in [0.1, 0.15) is 5.69 Å². The standard InChI is InChI=1S/C17H11Cl2N3/c18-15-7-6-13(10-16(15)19)22-11-14(17(21-22)8-9-20)12-4-2-1-3-5-12/h1-7,10-11H,8H2. The van der Waals surface area contributed by atoms with Crippen LogP contribution in [0.15, 0.2) is 54.7 Å². The van der Waals surface area contributed by atoms with Crippen LogP contribution in [0.5, 0.6) is 0 Å². The maximum atomic E-state index is 9.01. The van der Waals surface area contributed by atoms with Crippen molar-refractivity contribution < 1.29 is 0 Å². The fraction of sp³-hybridized carbons (Fsp3) is 0.0588. The molecule has 3 rings (SSSR count). The van der Waals surface area contributed by atoms with E-state index in [0.29, 0.717) is 10.0 Å². The Morgan fingerprint density at radius 1 is 1.05 bits per heavy atom. The molecule has 0 bridgehead atoms. The minimum atomic E-state index is 0.249. The monoisotopic (exact) mass is 327 g/mol. The summed E-state index contributed by atoms with van der Waals surface area (Å²) in [5.41, 5.74) is 3.50. The molecule has 0 atom stereocenters. The number of halogens is 2. The van der Waals surface area contributed by atoms with Crippen LogP contribution >= 0.6 is 23.2 Å². The van der Waals surface area contributed by atoms with Gasteiger partial charge in [-0.15, -0.1) is 0 Å². The van der Waals surface area contributed by atoms with Gasteiger partial charge in [0.05, 0.1) is 33.9 Å². The minimum absolute atomic E-state index is 0.249. The van der Waals surface area contributed by atoms with Crippen molar-refractivity contribution in [3.63, 3.8) is 0 Å². The summed E-state index contributed by atoms with van der Waals surface area (Å²) in [5.74, 6) is 0. The molecule has 5 heteroatoms. The van der Waals surface area contributed by atoms with Gasteiger partial charge >= 0.3 is 0 Å². The molecule has 0 saturated heterocycles. The highest BCUT2D eigenvalue weighted by Crippen LogP contribution is 2.27. The summed E-state index contributed by atoms with van der Waals surface area (Å²) in [4.78, 5) is 0. The van der Waals surface area contributed by atoms with Gasteiger partial charge in [0, 0.05) is 11.8 Å². The predicted octanol–water partition coefficient (Wildman–Crippen LogP) is 4.91. The number of nitrogens with zero attached hydrogens (tertiary/aromatic N) is 3. The van der Waals surface area contributed by atoms with Crippen molar-refractivity contribution in [2.75, 3.05) is 0 Å². The Bertz CT molecular complexity index is 848. The third kappa shape index (κ3) is 2.85. The van der Waals surface area contributed by atoms with Gasteiger partial charge in [0.25, 0.3) is 0 Å². The lowest BCUT2D eigenvalue weighted by molar-refractivity contribution is 0.853. The second-order valence-electron chi connectivity index (χ2n) is 4.73. The molecule has 0 aliphatic heterocycles. The Balaban J connectivity index is 2.11. The second-order valence-corrected chi connectivity index (χ2v) is 5.55. The lowest BCUT2D eigenvalue weighted by Gasteiger charge is -2.02. The number of benzene rings is 2. The van der Waals surface area contributed by atoms with Crippen molar-refractivity contribution in [1.29, 1.82) is 5.26 Å². The van der Waals surface area contributed by atoms with Gasteiger partial charge in [0.15, 0.2) is 0 Å². The normalized spacial score (nSPS) is 10.4. The number of aromatic nitrogens is 2. The number of rotatable bonds is 3. The first kappa shape index (κ1) is 14.6. The van der Waals surface area contributed by atoms with Gasteiger partial charge in [0.1, 0.15) is 0 Å². The van der Waals surface area contributed by atoms with Gasteiger partial charge in [-0.3, -0.25) is 0 Å². The molecule has 22 heavy (non-hydrogen) atoms. The number of hydrogen-bond acceptors (Lipinski definition) is 2. The highest BCUT2D eigenvalue weighted by Gasteiger charge is 2.12. The van der Waals surface area contributed by atoms with E-state index >= 15 is 0 Å². The summed E-state index contributed by atoms with van der Waals surface area (Å²) in [7, 11) is 0. The summed E-state index contributed by atoms with van der Waals surface area (Å²) < 4.78 is 1.72. The predicted molar refractivity (Wildman–Crippen MR) is 88.3 cm³/mol. The van der Waals surface area contributed by atoms with Crippen molar-refractivity contribution >= 4 is 23.2 Å². The molecule has 108 valence electrons. The Hall–Kier alpha value is -2.28. The third-order valence-electron chi connectivity index (χ3n) is 3.29. The fourth-order valence-electron chi connectivity index (χ4n) is 2.23. The van der Waals surface area contributed by atoms with Gasteiger partial charge in [-0.1, -0.05) is 53.5 Å². The molecular formula is C17H11Cl2N3. The van der Waals surface area contributed by atoms with Gasteiger partial charge in [-0.25, -0.2) is 4.68 Å². The van der Waals surface area contributed by atoms with E-state index < -0.39 is 0 Å². The van der Waals surface area contributed by atoms with Gasteiger partial charge in [0.2, 0.25) is 0 Å². The van der Waals surface area contributed by atoms with Crippen LogP contribution in [0.3, 0.4) is 0 Å². The SMILES string of the molecule is N#CCc1nn(-c2ccc(Cl)c(Cl)c2)cc1-c1ccccc1. The minimum Gasteiger partial charge on any atom is -0.240 e. The van der Waals surface area contributed by atoms with Crippen molar-refractivity contribution in [3.05, 3.63) is 70.5 Å². The molecule has 0 spiro atoms. The number of nitriles is 1. The molecule has 3 aromatic rings. The van der Waals surface area contributed by atoms with E-state index in [1.165, 1.54) is 0 Å². The van der Waals surface area contributed by atoms with Crippen LogP contribution in [0.2, 0.25) is 10.0 Å². The molecule has 0 amide bonds. The molecule has 1 aromatic heterocycles. The summed E-state index contributed by atoms with van der Waals surface area (Å²) in [5, 5.41) is 14.5. The van der Waals surface area contributed by atoms with Crippen molar-refractivity contribution in [1.82, 2.24) is 9.78 Å². The van der Waals surface area contributed by atoms with E-state index in [1.807, 2.05) is 42.6 Å². The molecule has 0 fully saturated rings. The van der Waals surface area contributed by atoms with E-state index in [2.05, 4.69) is 11.2 Å².